The van der Waals surface area contributed by atoms with E-state index in [9.17, 15) is 9.59 Å². The van der Waals surface area contributed by atoms with Gasteiger partial charge in [0.05, 0.1) is 11.0 Å². The highest BCUT2D eigenvalue weighted by Crippen LogP contribution is 2.15. The molecule has 1 amide bonds. The molecule has 1 aromatic rings. The van der Waals surface area contributed by atoms with Crippen LogP contribution in [0, 0.1) is 6.92 Å². The second-order valence-corrected chi connectivity index (χ2v) is 3.23. The number of Topliss-reactive ketones (excluding diaryl/α,β-unsaturated/α-hetero) is 1. The maximum absolute atomic E-state index is 11.2. The summed E-state index contributed by atoms with van der Waals surface area (Å²) in [7, 11) is 0. The molecule has 1 aromatic heterocycles. The van der Waals surface area contributed by atoms with Crippen molar-refractivity contribution in [3.63, 3.8) is 0 Å². The number of aromatic nitrogens is 1. The Hall–Kier alpha value is -1.17. The number of amides is 1. The van der Waals surface area contributed by atoms with Gasteiger partial charge in [-0.05, 0) is 6.92 Å². The predicted molar refractivity (Wildman–Crippen MR) is 53.7 cm³/mol. The number of ketones is 1. The summed E-state index contributed by atoms with van der Waals surface area (Å²) in [5.74, 6) is -0.318. The molecule has 0 bridgehead atoms. The molecule has 0 aliphatic heterocycles. The predicted octanol–water partition coefficient (Wildman–Crippen LogP) is 1.52. The fourth-order valence-corrected chi connectivity index (χ4v) is 1.17. The summed E-state index contributed by atoms with van der Waals surface area (Å²) < 4.78 is 5.06. The van der Waals surface area contributed by atoms with E-state index in [1.165, 1.54) is 6.92 Å². The summed E-state index contributed by atoms with van der Waals surface area (Å²) in [6.07, 6.45) is 0. The summed E-state index contributed by atoms with van der Waals surface area (Å²) in [6.45, 7) is 2.98. The van der Waals surface area contributed by atoms with Gasteiger partial charge in [0.15, 0.2) is 5.76 Å². The van der Waals surface area contributed by atoms with Gasteiger partial charge in [0.1, 0.15) is 0 Å². The highest BCUT2D eigenvalue weighted by Gasteiger charge is 2.16. The number of carbonyl (C=O) groups is 2. The molecule has 1 heterocycles. The number of alkyl halides is 1. The molecule has 0 saturated carbocycles. The Morgan fingerprint density at radius 3 is 2.71 bits per heavy atom. The van der Waals surface area contributed by atoms with Crippen molar-refractivity contribution >= 4 is 33.6 Å². The molecule has 1 rings (SSSR count). The summed E-state index contributed by atoms with van der Waals surface area (Å²) in [5, 5.41) is 2.53. The lowest BCUT2D eigenvalue weighted by Crippen LogP contribution is -2.05. The van der Waals surface area contributed by atoms with E-state index >= 15 is 0 Å². The minimum atomic E-state index is -0.288. The lowest BCUT2D eigenvalue weighted by molar-refractivity contribution is -0.114. The van der Waals surface area contributed by atoms with E-state index in [-0.39, 0.29) is 28.8 Å². The second kappa shape index (κ2) is 4.36. The van der Waals surface area contributed by atoms with Crippen molar-refractivity contribution in [3.8, 4) is 0 Å². The molecule has 1 N–H and O–H groups in total. The van der Waals surface area contributed by atoms with Crippen molar-refractivity contribution in [1.29, 1.82) is 0 Å². The first kappa shape index (κ1) is 10.9. The van der Waals surface area contributed by atoms with E-state index in [4.69, 9.17) is 4.42 Å². The van der Waals surface area contributed by atoms with Gasteiger partial charge in [0, 0.05) is 6.92 Å². The van der Waals surface area contributed by atoms with Crippen molar-refractivity contribution in [3.05, 3.63) is 11.5 Å². The van der Waals surface area contributed by atoms with Gasteiger partial charge in [-0.2, -0.15) is 4.98 Å². The topological polar surface area (TPSA) is 72.2 Å². The van der Waals surface area contributed by atoms with Crippen LogP contribution in [0.5, 0.6) is 0 Å². The van der Waals surface area contributed by atoms with Gasteiger partial charge in [-0.25, -0.2) is 0 Å². The maximum Gasteiger partial charge on any atom is 0.302 e. The van der Waals surface area contributed by atoms with Crippen LogP contribution < -0.4 is 5.32 Å². The SMILES string of the molecule is CC(=O)Nc1nc(C)c(C(=O)CBr)o1. The first-order valence-corrected chi connectivity index (χ1v) is 5.01. The van der Waals surface area contributed by atoms with Crippen molar-refractivity contribution in [2.75, 3.05) is 10.6 Å². The van der Waals surface area contributed by atoms with Crippen LogP contribution in [0.3, 0.4) is 0 Å². The standard InChI is InChI=1S/C8H9BrN2O3/c1-4-7(6(13)3-9)14-8(10-4)11-5(2)12/h3H2,1-2H3,(H,10,11,12). The van der Waals surface area contributed by atoms with Crippen LogP contribution in [0.1, 0.15) is 23.2 Å². The van der Waals surface area contributed by atoms with Gasteiger partial charge in [0.25, 0.3) is 0 Å². The number of nitrogens with one attached hydrogen (secondary N) is 1. The Morgan fingerprint density at radius 2 is 2.21 bits per heavy atom. The molecule has 0 aliphatic rings. The molecule has 0 radical (unpaired) electrons. The van der Waals surface area contributed by atoms with Crippen molar-refractivity contribution in [2.24, 2.45) is 0 Å². The van der Waals surface area contributed by atoms with Crippen molar-refractivity contribution in [2.45, 2.75) is 13.8 Å². The zero-order valence-corrected chi connectivity index (χ0v) is 9.34. The summed E-state index contributed by atoms with van der Waals surface area (Å²) in [5.41, 5.74) is 0.471. The second-order valence-electron chi connectivity index (χ2n) is 2.67. The Balaban J connectivity index is 2.93. The highest BCUT2D eigenvalue weighted by molar-refractivity contribution is 9.09. The minimum absolute atomic E-state index is 0.0549. The van der Waals surface area contributed by atoms with Crippen molar-refractivity contribution in [1.82, 2.24) is 4.98 Å². The molecule has 6 heteroatoms. The minimum Gasteiger partial charge on any atom is -0.420 e. The zero-order chi connectivity index (χ0) is 10.7. The number of oxazole rings is 1. The van der Waals surface area contributed by atoms with E-state index in [1.54, 1.807) is 6.92 Å². The Labute approximate surface area is 89.0 Å². The van der Waals surface area contributed by atoms with Crippen LogP contribution in [0.25, 0.3) is 0 Å². The number of halogens is 1. The Kier molecular flexibility index (Phi) is 3.40. The molecule has 0 aliphatic carbocycles. The Bertz CT molecular complexity index is 373. The molecule has 0 unspecified atom stereocenters. The number of anilines is 1. The van der Waals surface area contributed by atoms with E-state index < -0.39 is 0 Å². The quantitative estimate of drug-likeness (QED) is 0.661. The van der Waals surface area contributed by atoms with Crippen LogP contribution in [0.2, 0.25) is 0 Å². The van der Waals surface area contributed by atoms with Crippen LogP contribution in [-0.4, -0.2) is 22.0 Å². The normalized spacial score (nSPS) is 9.93. The van der Waals surface area contributed by atoms with E-state index in [2.05, 4.69) is 26.2 Å². The molecule has 0 saturated heterocycles. The van der Waals surface area contributed by atoms with Gasteiger partial charge in [-0.15, -0.1) is 0 Å². The monoisotopic (exact) mass is 260 g/mol. The van der Waals surface area contributed by atoms with Gasteiger partial charge in [0.2, 0.25) is 11.7 Å². The summed E-state index contributed by atoms with van der Waals surface area (Å²) in [4.78, 5) is 25.8. The molecule has 0 atom stereocenters. The summed E-state index contributed by atoms with van der Waals surface area (Å²) >= 11 is 3.02. The number of aryl methyl sites for hydroxylation is 1. The highest BCUT2D eigenvalue weighted by atomic mass is 79.9. The third-order valence-electron chi connectivity index (χ3n) is 1.45. The van der Waals surface area contributed by atoms with Gasteiger partial charge >= 0.3 is 6.01 Å². The van der Waals surface area contributed by atoms with Crippen LogP contribution in [-0.2, 0) is 4.79 Å². The van der Waals surface area contributed by atoms with Crippen LogP contribution >= 0.6 is 15.9 Å². The fourth-order valence-electron chi connectivity index (χ4n) is 0.920. The lowest BCUT2D eigenvalue weighted by atomic mass is 10.3. The van der Waals surface area contributed by atoms with Crippen LogP contribution in [0.4, 0.5) is 6.01 Å². The van der Waals surface area contributed by atoms with Gasteiger partial charge < -0.3 is 4.42 Å². The Morgan fingerprint density at radius 1 is 1.57 bits per heavy atom. The largest absolute Gasteiger partial charge is 0.420 e. The molecule has 14 heavy (non-hydrogen) atoms. The fraction of sp³-hybridized carbons (Fsp3) is 0.375. The van der Waals surface area contributed by atoms with E-state index in [0.717, 1.165) is 0 Å². The average molecular weight is 261 g/mol. The molecular weight excluding hydrogens is 252 g/mol. The van der Waals surface area contributed by atoms with E-state index in [1.807, 2.05) is 0 Å². The third kappa shape index (κ3) is 2.41. The molecule has 0 fully saturated rings. The lowest BCUT2D eigenvalue weighted by Gasteiger charge is -1.92. The number of rotatable bonds is 3. The number of hydrogen-bond donors (Lipinski definition) is 1. The number of nitrogens with zero attached hydrogens (tertiary/aromatic N) is 1. The molecule has 5 nitrogen and oxygen atoms in total. The van der Waals surface area contributed by atoms with E-state index in [0.29, 0.717) is 5.69 Å². The molecule has 76 valence electrons. The van der Waals surface area contributed by atoms with Crippen LogP contribution in [0.15, 0.2) is 4.42 Å². The zero-order valence-electron chi connectivity index (χ0n) is 7.76. The number of carbonyl (C=O) groups excluding carboxylic acids is 2. The number of hydrogen-bond acceptors (Lipinski definition) is 4. The summed E-state index contributed by atoms with van der Waals surface area (Å²) in [6, 6.07) is 0.0549. The molecular formula is C8H9BrN2O3. The van der Waals surface area contributed by atoms with Crippen molar-refractivity contribution < 1.29 is 14.0 Å². The maximum atomic E-state index is 11.2. The molecule has 0 spiro atoms. The molecule has 0 aromatic carbocycles. The smallest absolute Gasteiger partial charge is 0.302 e. The first-order chi connectivity index (χ1) is 6.54. The van der Waals surface area contributed by atoms with Gasteiger partial charge in [-0.3, -0.25) is 14.9 Å². The first-order valence-electron chi connectivity index (χ1n) is 3.88. The third-order valence-corrected chi connectivity index (χ3v) is 1.96. The van der Waals surface area contributed by atoms with Gasteiger partial charge in [-0.1, -0.05) is 15.9 Å². The average Bonchev–Trinajstić information content (AvgIpc) is 2.44.